The average molecular weight is 398 g/mol. The zero-order valence-electron chi connectivity index (χ0n) is 15.3. The van der Waals surface area contributed by atoms with Crippen molar-refractivity contribution in [1.82, 2.24) is 5.32 Å². The molecule has 3 aromatic carbocycles. The zero-order chi connectivity index (χ0) is 20.1. The summed E-state index contributed by atoms with van der Waals surface area (Å²) in [5.74, 6) is -0.214. The highest BCUT2D eigenvalue weighted by Crippen LogP contribution is 2.19. The summed E-state index contributed by atoms with van der Waals surface area (Å²) in [6.07, 6.45) is 1.02. The quantitative estimate of drug-likeness (QED) is 0.563. The summed E-state index contributed by atoms with van der Waals surface area (Å²) in [7, 11) is -3.70. The Morgan fingerprint density at radius 1 is 0.964 bits per heavy atom. The lowest BCUT2D eigenvalue weighted by Crippen LogP contribution is -2.42. The van der Waals surface area contributed by atoms with E-state index in [2.05, 4.69) is 5.32 Å². The van der Waals surface area contributed by atoms with E-state index in [9.17, 15) is 13.2 Å². The minimum absolute atomic E-state index is 0.0670. The van der Waals surface area contributed by atoms with Gasteiger partial charge in [-0.05, 0) is 46.9 Å². The summed E-state index contributed by atoms with van der Waals surface area (Å²) in [6.45, 7) is 0.413. The maximum absolute atomic E-state index is 12.3. The van der Waals surface area contributed by atoms with Crippen LogP contribution in [0.15, 0.2) is 71.6 Å². The van der Waals surface area contributed by atoms with Gasteiger partial charge >= 0.3 is 0 Å². The topological polar surface area (TPSA) is 115 Å². The third-order valence-corrected chi connectivity index (χ3v) is 5.55. The lowest BCUT2D eigenvalue weighted by Gasteiger charge is -2.14. The molecule has 0 saturated heterocycles. The summed E-state index contributed by atoms with van der Waals surface area (Å²) in [5, 5.41) is 10.1. The third-order valence-electron chi connectivity index (χ3n) is 4.62. The molecular weight excluding hydrogens is 374 g/mol. The van der Waals surface area contributed by atoms with E-state index < -0.39 is 16.1 Å². The summed E-state index contributed by atoms with van der Waals surface area (Å²) >= 11 is 0. The molecule has 146 valence electrons. The van der Waals surface area contributed by atoms with Gasteiger partial charge in [-0.2, -0.15) is 0 Å². The van der Waals surface area contributed by atoms with Crippen LogP contribution >= 0.6 is 0 Å². The summed E-state index contributed by atoms with van der Waals surface area (Å²) < 4.78 is 22.5. The number of hydrogen-bond acceptors (Lipinski definition) is 4. The molecule has 0 aliphatic carbocycles. The largest absolute Gasteiger partial charge is 0.354 e. The number of benzene rings is 3. The van der Waals surface area contributed by atoms with Crippen molar-refractivity contribution in [2.45, 2.75) is 23.8 Å². The Hall–Kier alpha value is -2.74. The van der Waals surface area contributed by atoms with Crippen molar-refractivity contribution < 1.29 is 13.2 Å². The molecular formula is C21H23N3O3S. The number of carbonyl (C=O) groups is 1. The molecule has 0 fully saturated rings. The number of amides is 1. The van der Waals surface area contributed by atoms with E-state index in [-0.39, 0.29) is 10.8 Å². The van der Waals surface area contributed by atoms with Crippen molar-refractivity contribution in [3.63, 3.8) is 0 Å². The van der Waals surface area contributed by atoms with Gasteiger partial charge in [0.15, 0.2) is 0 Å². The summed E-state index contributed by atoms with van der Waals surface area (Å²) in [5.41, 5.74) is 8.03. The maximum atomic E-state index is 12.3. The van der Waals surface area contributed by atoms with E-state index in [0.717, 1.165) is 21.9 Å². The molecule has 0 aromatic heterocycles. The molecule has 6 nitrogen and oxygen atoms in total. The van der Waals surface area contributed by atoms with Crippen molar-refractivity contribution in [3.05, 3.63) is 77.9 Å². The van der Waals surface area contributed by atoms with Gasteiger partial charge in [-0.3, -0.25) is 4.79 Å². The smallest absolute Gasteiger partial charge is 0.238 e. The predicted molar refractivity (Wildman–Crippen MR) is 110 cm³/mol. The van der Waals surface area contributed by atoms with Gasteiger partial charge in [-0.1, -0.05) is 54.6 Å². The number of sulfonamides is 1. The van der Waals surface area contributed by atoms with Gasteiger partial charge in [0.2, 0.25) is 15.9 Å². The highest BCUT2D eigenvalue weighted by molar-refractivity contribution is 7.89. The molecule has 5 N–H and O–H groups in total. The van der Waals surface area contributed by atoms with Crippen LogP contribution in [-0.2, 0) is 27.7 Å². The van der Waals surface area contributed by atoms with Crippen LogP contribution < -0.4 is 16.2 Å². The number of nitrogens with two attached hydrogens (primary N) is 2. The Morgan fingerprint density at radius 3 is 2.36 bits per heavy atom. The fourth-order valence-electron chi connectivity index (χ4n) is 3.11. The van der Waals surface area contributed by atoms with Gasteiger partial charge in [0.05, 0.1) is 10.9 Å². The van der Waals surface area contributed by atoms with Crippen LogP contribution in [0.25, 0.3) is 10.8 Å². The molecule has 1 amide bonds. The molecule has 3 rings (SSSR count). The summed E-state index contributed by atoms with van der Waals surface area (Å²) in [4.78, 5) is 12.4. The van der Waals surface area contributed by atoms with Crippen LogP contribution in [0.3, 0.4) is 0 Å². The van der Waals surface area contributed by atoms with Gasteiger partial charge in [0.1, 0.15) is 0 Å². The minimum atomic E-state index is -3.70. The Balaban J connectivity index is 1.54. The van der Waals surface area contributed by atoms with Gasteiger partial charge in [0.25, 0.3) is 0 Å². The number of nitrogens with one attached hydrogen (secondary N) is 1. The molecule has 0 saturated carbocycles. The van der Waals surface area contributed by atoms with Crippen LogP contribution in [0.5, 0.6) is 0 Å². The highest BCUT2D eigenvalue weighted by atomic mass is 32.2. The molecule has 3 aromatic rings. The number of hydrogen-bond donors (Lipinski definition) is 3. The molecule has 0 aliphatic rings. The first-order valence-corrected chi connectivity index (χ1v) is 10.5. The van der Waals surface area contributed by atoms with E-state index >= 15 is 0 Å². The average Bonchev–Trinajstić information content (AvgIpc) is 2.68. The molecule has 28 heavy (non-hydrogen) atoms. The van der Waals surface area contributed by atoms with Gasteiger partial charge in [-0.15, -0.1) is 0 Å². The standard InChI is InChI=1S/C21H23N3O3S/c22-20(14-17-6-3-5-16-4-1-2-7-19(16)17)21(25)24-13-12-15-8-10-18(11-9-15)28(23,26)27/h1-11,20H,12-14,22H2,(H,24,25)(H2,23,26,27)/t20-/m0/s1. The normalized spacial score (nSPS) is 12.6. The van der Waals surface area contributed by atoms with Gasteiger partial charge < -0.3 is 11.1 Å². The molecule has 0 radical (unpaired) electrons. The monoisotopic (exact) mass is 397 g/mol. The fraction of sp³-hybridized carbons (Fsp3) is 0.190. The Labute approximate surface area is 164 Å². The highest BCUT2D eigenvalue weighted by Gasteiger charge is 2.15. The maximum Gasteiger partial charge on any atom is 0.238 e. The van der Waals surface area contributed by atoms with Crippen molar-refractivity contribution in [2.75, 3.05) is 6.54 Å². The second-order valence-corrected chi connectivity index (χ2v) is 8.24. The predicted octanol–water partition coefficient (Wildman–Crippen LogP) is 1.72. The number of rotatable bonds is 7. The van der Waals surface area contributed by atoms with Crippen molar-refractivity contribution in [2.24, 2.45) is 10.9 Å². The molecule has 1 atom stereocenters. The van der Waals surface area contributed by atoms with E-state index in [0.29, 0.717) is 19.4 Å². The zero-order valence-corrected chi connectivity index (χ0v) is 16.2. The molecule has 7 heteroatoms. The van der Waals surface area contributed by atoms with E-state index in [4.69, 9.17) is 10.9 Å². The minimum Gasteiger partial charge on any atom is -0.354 e. The molecule has 0 unspecified atom stereocenters. The Morgan fingerprint density at radius 2 is 1.64 bits per heavy atom. The number of fused-ring (bicyclic) bond motifs is 1. The Bertz CT molecular complexity index is 1070. The third kappa shape index (κ3) is 4.95. The van der Waals surface area contributed by atoms with Crippen LogP contribution in [-0.4, -0.2) is 26.9 Å². The second kappa shape index (κ2) is 8.52. The van der Waals surface area contributed by atoms with Crippen LogP contribution in [0.1, 0.15) is 11.1 Å². The molecule has 0 bridgehead atoms. The molecule has 0 spiro atoms. The summed E-state index contributed by atoms with van der Waals surface area (Å²) in [6, 6.07) is 19.6. The van der Waals surface area contributed by atoms with Crippen LogP contribution in [0, 0.1) is 0 Å². The van der Waals surface area contributed by atoms with Crippen LogP contribution in [0.2, 0.25) is 0 Å². The number of carbonyl (C=O) groups excluding carboxylic acids is 1. The van der Waals surface area contributed by atoms with Gasteiger partial charge in [0, 0.05) is 6.54 Å². The van der Waals surface area contributed by atoms with Crippen LogP contribution in [0.4, 0.5) is 0 Å². The SMILES string of the molecule is N[C@@H](Cc1cccc2ccccc12)C(=O)NCCc1ccc(S(N)(=O)=O)cc1. The van der Waals surface area contributed by atoms with E-state index in [1.807, 2.05) is 42.5 Å². The second-order valence-electron chi connectivity index (χ2n) is 6.68. The lowest BCUT2D eigenvalue weighted by molar-refractivity contribution is -0.122. The van der Waals surface area contributed by atoms with Gasteiger partial charge in [-0.25, -0.2) is 13.6 Å². The first-order valence-electron chi connectivity index (χ1n) is 8.96. The van der Waals surface area contributed by atoms with Crippen molar-refractivity contribution >= 4 is 26.7 Å². The first-order chi connectivity index (χ1) is 13.3. The first kappa shape index (κ1) is 20.0. The number of primary sulfonamides is 1. The molecule has 0 heterocycles. The Kier molecular flexibility index (Phi) is 6.08. The fourth-order valence-corrected chi connectivity index (χ4v) is 3.62. The molecule has 0 aliphatic heterocycles. The van der Waals surface area contributed by atoms with E-state index in [1.165, 1.54) is 12.1 Å². The van der Waals surface area contributed by atoms with Crippen molar-refractivity contribution in [1.29, 1.82) is 0 Å². The lowest BCUT2D eigenvalue weighted by atomic mass is 9.99. The van der Waals surface area contributed by atoms with E-state index in [1.54, 1.807) is 12.1 Å². The van der Waals surface area contributed by atoms with Crippen molar-refractivity contribution in [3.8, 4) is 0 Å².